The van der Waals surface area contributed by atoms with Crippen LogP contribution in [0.5, 0.6) is 0 Å². The molecule has 2 amide bonds. The molecule has 0 radical (unpaired) electrons. The fourth-order valence-corrected chi connectivity index (χ4v) is 3.67. The van der Waals surface area contributed by atoms with Gasteiger partial charge in [0, 0.05) is 17.3 Å². The number of benzene rings is 1. The third kappa shape index (κ3) is 4.82. The predicted molar refractivity (Wildman–Crippen MR) is 104 cm³/mol. The first kappa shape index (κ1) is 19.7. The fourth-order valence-electron chi connectivity index (χ4n) is 3.54. The van der Waals surface area contributed by atoms with Gasteiger partial charge in [-0.2, -0.15) is 0 Å². The van der Waals surface area contributed by atoms with E-state index in [9.17, 15) is 9.59 Å². The van der Waals surface area contributed by atoms with Crippen LogP contribution in [0.1, 0.15) is 38.3 Å². The standard InChI is InChI=1S/C20H26ClN3O3/c1-3-27-19(25)17-16(12-24-10-8-13(2)9-11-24)22-20(26)23-18(17)14-4-6-15(21)7-5-14/h4-7,13,18H,3,8-12H2,1-2H3,(H2,22,23,26)/t18-/m0/s1. The van der Waals surface area contributed by atoms with E-state index in [1.54, 1.807) is 19.1 Å². The number of ether oxygens (including phenoxy) is 1. The second kappa shape index (κ2) is 8.76. The molecule has 2 aliphatic heterocycles. The number of hydrogen-bond acceptors (Lipinski definition) is 4. The SMILES string of the molecule is CCOC(=O)C1=C(CN2CCC(C)CC2)NC(=O)N[C@H]1c1ccc(Cl)cc1. The molecule has 2 aliphatic rings. The summed E-state index contributed by atoms with van der Waals surface area (Å²) in [5, 5.41) is 6.28. The Morgan fingerprint density at radius 2 is 1.93 bits per heavy atom. The van der Waals surface area contributed by atoms with Crippen LogP contribution in [0.25, 0.3) is 0 Å². The highest BCUT2D eigenvalue weighted by Gasteiger charge is 2.34. The molecule has 6 nitrogen and oxygen atoms in total. The number of nitrogens with one attached hydrogen (secondary N) is 2. The van der Waals surface area contributed by atoms with E-state index in [0.717, 1.165) is 31.5 Å². The van der Waals surface area contributed by atoms with Gasteiger partial charge in [0.05, 0.1) is 18.2 Å². The zero-order chi connectivity index (χ0) is 19.4. The second-order valence-corrected chi connectivity index (χ2v) is 7.59. The van der Waals surface area contributed by atoms with Crippen molar-refractivity contribution in [3.8, 4) is 0 Å². The normalized spacial score (nSPS) is 21.6. The number of carbonyl (C=O) groups is 2. The van der Waals surface area contributed by atoms with Crippen LogP contribution in [0.3, 0.4) is 0 Å². The van der Waals surface area contributed by atoms with Gasteiger partial charge >= 0.3 is 12.0 Å². The minimum atomic E-state index is -0.561. The van der Waals surface area contributed by atoms with Gasteiger partial charge in [0.1, 0.15) is 0 Å². The van der Waals surface area contributed by atoms with Crippen molar-refractivity contribution in [3.05, 3.63) is 46.1 Å². The van der Waals surface area contributed by atoms with E-state index in [-0.39, 0.29) is 12.6 Å². The van der Waals surface area contributed by atoms with Crippen LogP contribution in [-0.2, 0) is 9.53 Å². The summed E-state index contributed by atoms with van der Waals surface area (Å²) in [5.74, 6) is 0.300. The van der Waals surface area contributed by atoms with Crippen LogP contribution in [0.4, 0.5) is 4.79 Å². The van der Waals surface area contributed by atoms with Gasteiger partial charge in [0.15, 0.2) is 0 Å². The number of halogens is 1. The largest absolute Gasteiger partial charge is 0.463 e. The molecule has 1 atom stereocenters. The Hall–Kier alpha value is -2.05. The zero-order valence-corrected chi connectivity index (χ0v) is 16.5. The zero-order valence-electron chi connectivity index (χ0n) is 15.8. The molecule has 7 heteroatoms. The molecule has 3 rings (SSSR count). The number of nitrogens with zero attached hydrogens (tertiary/aromatic N) is 1. The maximum absolute atomic E-state index is 12.7. The Balaban J connectivity index is 1.94. The summed E-state index contributed by atoms with van der Waals surface area (Å²) in [7, 11) is 0. The lowest BCUT2D eigenvalue weighted by Gasteiger charge is -2.34. The van der Waals surface area contributed by atoms with Gasteiger partial charge in [-0.25, -0.2) is 9.59 Å². The van der Waals surface area contributed by atoms with Crippen LogP contribution >= 0.6 is 11.6 Å². The van der Waals surface area contributed by atoms with Gasteiger partial charge in [0.2, 0.25) is 0 Å². The third-order valence-corrected chi connectivity index (χ3v) is 5.36. The number of urea groups is 1. The Morgan fingerprint density at radius 3 is 2.56 bits per heavy atom. The van der Waals surface area contributed by atoms with Gasteiger partial charge in [-0.05, 0) is 56.5 Å². The van der Waals surface area contributed by atoms with Crippen LogP contribution in [0, 0.1) is 5.92 Å². The molecule has 0 spiro atoms. The highest BCUT2D eigenvalue weighted by Crippen LogP contribution is 2.29. The number of amides is 2. The molecule has 0 saturated carbocycles. The number of piperidine rings is 1. The molecular formula is C20H26ClN3O3. The second-order valence-electron chi connectivity index (χ2n) is 7.15. The van der Waals surface area contributed by atoms with Crippen molar-refractivity contribution < 1.29 is 14.3 Å². The van der Waals surface area contributed by atoms with E-state index in [4.69, 9.17) is 16.3 Å². The highest BCUT2D eigenvalue weighted by atomic mass is 35.5. The number of carbonyl (C=O) groups excluding carboxylic acids is 2. The number of likely N-dealkylation sites (tertiary alicyclic amines) is 1. The summed E-state index contributed by atoms with van der Waals surface area (Å²) in [6, 6.07) is 6.26. The van der Waals surface area contributed by atoms with E-state index >= 15 is 0 Å². The quantitative estimate of drug-likeness (QED) is 0.756. The number of esters is 1. The first-order chi connectivity index (χ1) is 13.0. The topological polar surface area (TPSA) is 70.7 Å². The van der Waals surface area contributed by atoms with Crippen LogP contribution in [0.15, 0.2) is 35.5 Å². The molecular weight excluding hydrogens is 366 g/mol. The third-order valence-electron chi connectivity index (χ3n) is 5.11. The van der Waals surface area contributed by atoms with E-state index in [1.807, 2.05) is 12.1 Å². The molecule has 146 valence electrons. The van der Waals surface area contributed by atoms with E-state index in [2.05, 4.69) is 22.5 Å². The van der Waals surface area contributed by atoms with E-state index in [1.165, 1.54) is 0 Å². The molecule has 2 heterocycles. The van der Waals surface area contributed by atoms with Crippen LogP contribution in [0.2, 0.25) is 5.02 Å². The van der Waals surface area contributed by atoms with Crippen molar-refractivity contribution in [1.82, 2.24) is 15.5 Å². The lowest BCUT2D eigenvalue weighted by Crippen LogP contribution is -2.49. The first-order valence-corrected chi connectivity index (χ1v) is 9.81. The Morgan fingerprint density at radius 1 is 1.26 bits per heavy atom. The predicted octanol–water partition coefficient (Wildman–Crippen LogP) is 3.24. The lowest BCUT2D eigenvalue weighted by atomic mass is 9.94. The molecule has 1 aromatic carbocycles. The van der Waals surface area contributed by atoms with Gasteiger partial charge < -0.3 is 15.4 Å². The van der Waals surface area contributed by atoms with Crippen LogP contribution in [-0.4, -0.2) is 43.1 Å². The number of rotatable bonds is 5. The van der Waals surface area contributed by atoms with Crippen LogP contribution < -0.4 is 10.6 Å². The van der Waals surface area contributed by atoms with Crippen molar-refractivity contribution in [1.29, 1.82) is 0 Å². The maximum atomic E-state index is 12.7. The summed E-state index contributed by atoms with van der Waals surface area (Å²) < 4.78 is 5.30. The molecule has 1 fully saturated rings. The average Bonchev–Trinajstić information content (AvgIpc) is 2.64. The number of hydrogen-bond donors (Lipinski definition) is 2. The highest BCUT2D eigenvalue weighted by molar-refractivity contribution is 6.30. The molecule has 0 aromatic heterocycles. The molecule has 0 aliphatic carbocycles. The summed E-state index contributed by atoms with van der Waals surface area (Å²) in [6.45, 7) is 6.74. The van der Waals surface area contributed by atoms with Gasteiger partial charge in [0.25, 0.3) is 0 Å². The fraction of sp³-hybridized carbons (Fsp3) is 0.500. The molecule has 0 unspecified atom stereocenters. The summed E-state index contributed by atoms with van der Waals surface area (Å²) >= 11 is 5.99. The van der Waals surface area contributed by atoms with Gasteiger partial charge in [-0.3, -0.25) is 4.90 Å². The maximum Gasteiger partial charge on any atom is 0.338 e. The van der Waals surface area contributed by atoms with E-state index < -0.39 is 12.0 Å². The molecule has 1 saturated heterocycles. The molecule has 27 heavy (non-hydrogen) atoms. The Labute approximate surface area is 164 Å². The van der Waals surface area contributed by atoms with Crippen molar-refractivity contribution >= 4 is 23.6 Å². The molecule has 2 N–H and O–H groups in total. The monoisotopic (exact) mass is 391 g/mol. The van der Waals surface area contributed by atoms with Crippen molar-refractivity contribution in [2.45, 2.75) is 32.7 Å². The van der Waals surface area contributed by atoms with E-state index in [0.29, 0.717) is 28.8 Å². The minimum Gasteiger partial charge on any atom is -0.463 e. The molecule has 0 bridgehead atoms. The average molecular weight is 392 g/mol. The van der Waals surface area contributed by atoms with Crippen molar-refractivity contribution in [2.24, 2.45) is 5.92 Å². The van der Waals surface area contributed by atoms with Gasteiger partial charge in [-0.15, -0.1) is 0 Å². The summed E-state index contributed by atoms with van der Waals surface area (Å²) in [6.07, 6.45) is 2.24. The lowest BCUT2D eigenvalue weighted by molar-refractivity contribution is -0.139. The summed E-state index contributed by atoms with van der Waals surface area (Å²) in [4.78, 5) is 27.3. The first-order valence-electron chi connectivity index (χ1n) is 9.43. The minimum absolute atomic E-state index is 0.276. The smallest absolute Gasteiger partial charge is 0.338 e. The Kier molecular flexibility index (Phi) is 6.39. The van der Waals surface area contributed by atoms with Crippen molar-refractivity contribution in [3.63, 3.8) is 0 Å². The summed E-state index contributed by atoms with van der Waals surface area (Å²) in [5.41, 5.74) is 1.87. The molecule has 1 aromatic rings. The van der Waals surface area contributed by atoms with Gasteiger partial charge in [-0.1, -0.05) is 30.7 Å². The Bertz CT molecular complexity index is 724. The van der Waals surface area contributed by atoms with Crippen molar-refractivity contribution in [2.75, 3.05) is 26.2 Å².